The van der Waals surface area contributed by atoms with E-state index < -0.39 is 28.5 Å². The molecule has 5 rings (SSSR count). The highest BCUT2D eigenvalue weighted by molar-refractivity contribution is 9.10. The summed E-state index contributed by atoms with van der Waals surface area (Å²) in [5, 5.41) is 3.26. The number of anilines is 1. The summed E-state index contributed by atoms with van der Waals surface area (Å²) in [7, 11) is -4.16. The summed E-state index contributed by atoms with van der Waals surface area (Å²) in [5.41, 5.74) is 4.05. The molecule has 0 radical (unpaired) electrons. The number of carbonyl (C=O) groups is 2. The maximum absolute atomic E-state index is 14.7. The Balaban J connectivity index is 1.57. The van der Waals surface area contributed by atoms with Crippen LogP contribution >= 0.6 is 15.9 Å². The molecule has 9 heteroatoms. The van der Waals surface area contributed by atoms with Gasteiger partial charge in [0, 0.05) is 23.5 Å². The zero-order chi connectivity index (χ0) is 33.4. The molecule has 1 aliphatic carbocycles. The van der Waals surface area contributed by atoms with E-state index >= 15 is 0 Å². The predicted molar refractivity (Wildman–Crippen MR) is 191 cm³/mol. The fourth-order valence-corrected chi connectivity index (χ4v) is 7.86. The van der Waals surface area contributed by atoms with Crippen LogP contribution in [0.25, 0.3) is 0 Å². The minimum Gasteiger partial charge on any atom is -0.352 e. The van der Waals surface area contributed by atoms with Gasteiger partial charge in [-0.05, 0) is 73.7 Å². The monoisotopic (exact) mass is 715 g/mol. The van der Waals surface area contributed by atoms with Crippen LogP contribution in [0.1, 0.15) is 54.4 Å². The Morgan fingerprint density at radius 2 is 1.53 bits per heavy atom. The molecule has 1 unspecified atom stereocenters. The summed E-state index contributed by atoms with van der Waals surface area (Å²) in [6, 6.07) is 30.1. The van der Waals surface area contributed by atoms with Crippen LogP contribution in [0.4, 0.5) is 5.69 Å². The van der Waals surface area contributed by atoms with Crippen molar-refractivity contribution in [2.24, 2.45) is 0 Å². The Morgan fingerprint density at radius 1 is 0.851 bits per heavy atom. The number of sulfonamides is 1. The predicted octanol–water partition coefficient (Wildman–Crippen LogP) is 7.35. The maximum Gasteiger partial charge on any atom is 0.264 e. The van der Waals surface area contributed by atoms with E-state index in [2.05, 4.69) is 21.2 Å². The maximum atomic E-state index is 14.7. The van der Waals surface area contributed by atoms with E-state index in [9.17, 15) is 18.0 Å². The lowest BCUT2D eigenvalue weighted by molar-refractivity contribution is -0.140. The van der Waals surface area contributed by atoms with Crippen molar-refractivity contribution in [3.05, 3.63) is 130 Å². The molecule has 4 aromatic rings. The first kappa shape index (κ1) is 34.4. The summed E-state index contributed by atoms with van der Waals surface area (Å²) < 4.78 is 30.3. The molecule has 47 heavy (non-hydrogen) atoms. The quantitative estimate of drug-likeness (QED) is 0.166. The van der Waals surface area contributed by atoms with Crippen molar-refractivity contribution < 1.29 is 18.0 Å². The van der Waals surface area contributed by atoms with Gasteiger partial charge in [0.25, 0.3) is 10.0 Å². The molecule has 4 aromatic carbocycles. The Morgan fingerprint density at radius 3 is 2.21 bits per heavy atom. The van der Waals surface area contributed by atoms with Crippen molar-refractivity contribution >= 4 is 43.5 Å². The zero-order valence-electron chi connectivity index (χ0n) is 26.9. The highest BCUT2D eigenvalue weighted by Crippen LogP contribution is 2.28. The van der Waals surface area contributed by atoms with Crippen molar-refractivity contribution in [3.63, 3.8) is 0 Å². The van der Waals surface area contributed by atoms with Gasteiger partial charge in [0.15, 0.2) is 0 Å². The standard InChI is InChI=1S/C38H42BrN3O4S/c1-28-20-22-35(23-21-28)47(45,46)42(34-19-11-16-32(39)25-34)27-37(43)41(26-31-15-10-9-12-29(31)2)36(24-30-13-5-3-6-14-30)38(44)40-33-17-7-4-8-18-33/h3,5-6,9-16,19-23,25,33,36H,4,7-8,17-18,24,26-27H2,1-2H3,(H,40,44). The molecule has 1 aliphatic rings. The zero-order valence-corrected chi connectivity index (χ0v) is 29.3. The van der Waals surface area contributed by atoms with Crippen LogP contribution < -0.4 is 9.62 Å². The van der Waals surface area contributed by atoms with E-state index in [1.807, 2.05) is 68.4 Å². The van der Waals surface area contributed by atoms with Gasteiger partial charge in [-0.3, -0.25) is 13.9 Å². The van der Waals surface area contributed by atoms with Crippen molar-refractivity contribution in [2.45, 2.75) is 75.9 Å². The van der Waals surface area contributed by atoms with Crippen LogP contribution in [0.2, 0.25) is 0 Å². The minimum absolute atomic E-state index is 0.0463. The second-order valence-corrected chi connectivity index (χ2v) is 15.1. The van der Waals surface area contributed by atoms with Crippen LogP contribution in [-0.2, 0) is 32.6 Å². The van der Waals surface area contributed by atoms with Crippen LogP contribution in [0.15, 0.2) is 112 Å². The van der Waals surface area contributed by atoms with E-state index in [1.165, 1.54) is 0 Å². The fourth-order valence-electron chi connectivity index (χ4n) is 6.07. The normalized spacial score (nSPS) is 14.3. The Hall–Kier alpha value is -3.95. The third-order valence-corrected chi connectivity index (χ3v) is 11.1. The molecule has 0 saturated heterocycles. The fraction of sp³-hybridized carbons (Fsp3) is 0.316. The molecular formula is C38H42BrN3O4S. The first-order valence-electron chi connectivity index (χ1n) is 16.1. The van der Waals surface area contributed by atoms with Crippen LogP contribution in [0.5, 0.6) is 0 Å². The van der Waals surface area contributed by atoms with Crippen molar-refractivity contribution in [1.29, 1.82) is 0 Å². The Kier molecular flexibility index (Phi) is 11.5. The lowest BCUT2D eigenvalue weighted by Gasteiger charge is -2.35. The highest BCUT2D eigenvalue weighted by atomic mass is 79.9. The number of halogens is 1. The number of hydrogen-bond donors (Lipinski definition) is 1. The number of amides is 2. The summed E-state index contributed by atoms with van der Waals surface area (Å²) in [5.74, 6) is -0.693. The van der Waals surface area contributed by atoms with Gasteiger partial charge in [0.1, 0.15) is 12.6 Å². The molecule has 7 nitrogen and oxygen atoms in total. The van der Waals surface area contributed by atoms with Crippen LogP contribution in [0, 0.1) is 13.8 Å². The van der Waals surface area contributed by atoms with E-state index in [0.29, 0.717) is 16.6 Å². The molecule has 0 aliphatic heterocycles. The second-order valence-electron chi connectivity index (χ2n) is 12.3. The lowest BCUT2D eigenvalue weighted by Crippen LogP contribution is -2.55. The highest BCUT2D eigenvalue weighted by Gasteiger charge is 2.35. The number of nitrogens with zero attached hydrogens (tertiary/aromatic N) is 2. The molecule has 1 saturated carbocycles. The molecule has 2 amide bonds. The van der Waals surface area contributed by atoms with E-state index in [1.54, 1.807) is 53.4 Å². The van der Waals surface area contributed by atoms with Gasteiger partial charge in [0.2, 0.25) is 11.8 Å². The van der Waals surface area contributed by atoms with Gasteiger partial charge in [-0.25, -0.2) is 8.42 Å². The van der Waals surface area contributed by atoms with Crippen molar-refractivity contribution in [3.8, 4) is 0 Å². The Bertz CT molecular complexity index is 1770. The third-order valence-electron chi connectivity index (χ3n) is 8.81. The van der Waals surface area contributed by atoms with Gasteiger partial charge in [-0.1, -0.05) is 114 Å². The molecule has 0 heterocycles. The molecule has 1 fully saturated rings. The lowest BCUT2D eigenvalue weighted by atomic mass is 9.94. The third kappa shape index (κ3) is 8.90. The topological polar surface area (TPSA) is 86.8 Å². The van der Waals surface area contributed by atoms with Crippen LogP contribution in [-0.4, -0.2) is 43.8 Å². The second kappa shape index (κ2) is 15.8. The number of carbonyl (C=O) groups excluding carboxylic acids is 2. The van der Waals surface area contributed by atoms with E-state index in [-0.39, 0.29) is 23.4 Å². The average molecular weight is 717 g/mol. The number of nitrogens with one attached hydrogen (secondary N) is 1. The molecule has 246 valence electrons. The summed E-state index contributed by atoms with van der Waals surface area (Å²) in [6.07, 6.45) is 5.36. The summed E-state index contributed by atoms with van der Waals surface area (Å²) in [4.78, 5) is 30.6. The van der Waals surface area contributed by atoms with E-state index in [4.69, 9.17) is 0 Å². The number of hydrogen-bond acceptors (Lipinski definition) is 4. The van der Waals surface area contributed by atoms with Gasteiger partial charge in [-0.2, -0.15) is 0 Å². The van der Waals surface area contributed by atoms with E-state index in [0.717, 1.165) is 58.7 Å². The van der Waals surface area contributed by atoms with Crippen molar-refractivity contribution in [2.75, 3.05) is 10.8 Å². The SMILES string of the molecule is Cc1ccc(S(=O)(=O)N(CC(=O)N(Cc2ccccc2C)C(Cc2ccccc2)C(=O)NC2CCCCC2)c2cccc(Br)c2)cc1. The summed E-state index contributed by atoms with van der Waals surface area (Å²) >= 11 is 3.47. The number of benzene rings is 4. The molecule has 0 aromatic heterocycles. The van der Waals surface area contributed by atoms with Gasteiger partial charge >= 0.3 is 0 Å². The summed E-state index contributed by atoms with van der Waals surface area (Å²) in [6.45, 7) is 3.53. The van der Waals surface area contributed by atoms with Gasteiger partial charge < -0.3 is 10.2 Å². The van der Waals surface area contributed by atoms with Gasteiger partial charge in [0.05, 0.1) is 10.6 Å². The first-order valence-corrected chi connectivity index (χ1v) is 18.4. The van der Waals surface area contributed by atoms with Gasteiger partial charge in [-0.15, -0.1) is 0 Å². The molecule has 1 N–H and O–H groups in total. The van der Waals surface area contributed by atoms with Crippen LogP contribution in [0.3, 0.4) is 0 Å². The van der Waals surface area contributed by atoms with Crippen molar-refractivity contribution in [1.82, 2.24) is 10.2 Å². The number of rotatable bonds is 12. The average Bonchev–Trinajstić information content (AvgIpc) is 3.07. The molecular weight excluding hydrogens is 674 g/mol. The molecule has 1 atom stereocenters. The smallest absolute Gasteiger partial charge is 0.264 e. The minimum atomic E-state index is -4.16. The first-order chi connectivity index (χ1) is 22.6. The molecule has 0 spiro atoms. The molecule has 0 bridgehead atoms. The Labute approximate surface area is 287 Å². The largest absolute Gasteiger partial charge is 0.352 e. The number of aryl methyl sites for hydroxylation is 2.